The van der Waals surface area contributed by atoms with Crippen molar-refractivity contribution in [3.05, 3.63) is 65.4 Å². The molecule has 2 atom stereocenters. The Balaban J connectivity index is 0.00000135. The van der Waals surface area contributed by atoms with Crippen LogP contribution < -0.4 is 14.9 Å². The second-order valence-electron chi connectivity index (χ2n) is 11.3. The number of sulfonamides is 1. The van der Waals surface area contributed by atoms with E-state index in [2.05, 4.69) is 17.6 Å². The first-order valence-corrected chi connectivity index (χ1v) is 16.8. The van der Waals surface area contributed by atoms with Crippen LogP contribution in [0.5, 0.6) is 0 Å². The fraction of sp³-hybridized carbons (Fsp3) is 0.500. The first-order chi connectivity index (χ1) is 20.7. The fourth-order valence-electron chi connectivity index (χ4n) is 6.25. The SMILES string of the molecule is CCc1cn2c3c(cc(C(=O)N[C@@H](Cc4ccccc4)[C@H](O)CNC4CCCCC4)cc13)N(CC)S(=O)(=O)CC2.O=CO. The van der Waals surface area contributed by atoms with Gasteiger partial charge in [-0.3, -0.25) is 13.9 Å². The standard InChI is InChI=1S/C31H42N4O4S.CH2O2/c1-3-23-21-34-15-16-40(38,39)35(4-2)28-19-24(18-26(23)30(28)34)31(37)33-27(17-22-11-7-5-8-12-22)29(36)20-32-25-13-9-6-10-14-25;2-1-3/h5,7-8,11-12,18-19,21,25,27,29,32,36H,3-4,6,9-10,13-17,20H2,1-2H3,(H,33,37);1H,(H,2,3)/t27-,29+;/m0./s1. The second-order valence-corrected chi connectivity index (χ2v) is 13.3. The predicted molar refractivity (Wildman–Crippen MR) is 169 cm³/mol. The maximum atomic E-state index is 13.8. The third kappa shape index (κ3) is 7.76. The molecule has 1 amide bonds. The van der Waals surface area contributed by atoms with E-state index in [-0.39, 0.29) is 24.7 Å². The normalized spacial score (nSPS) is 17.8. The lowest BCUT2D eigenvalue weighted by atomic mass is 9.94. The molecular weight excluding hydrogens is 568 g/mol. The fourth-order valence-corrected chi connectivity index (χ4v) is 7.73. The van der Waals surface area contributed by atoms with Crippen LogP contribution in [0.15, 0.2) is 48.7 Å². The smallest absolute Gasteiger partial charge is 0.290 e. The number of amides is 1. The Morgan fingerprint density at radius 3 is 2.47 bits per heavy atom. The number of aromatic nitrogens is 1. The van der Waals surface area contributed by atoms with Crippen LogP contribution >= 0.6 is 0 Å². The van der Waals surface area contributed by atoms with E-state index in [1.54, 1.807) is 6.07 Å². The summed E-state index contributed by atoms with van der Waals surface area (Å²) in [5.41, 5.74) is 3.91. The van der Waals surface area contributed by atoms with Gasteiger partial charge >= 0.3 is 0 Å². The summed E-state index contributed by atoms with van der Waals surface area (Å²) in [6.45, 7) is 4.71. The number of aliphatic hydroxyl groups excluding tert-OH is 1. The van der Waals surface area contributed by atoms with Crippen LogP contribution in [0.3, 0.4) is 0 Å². The van der Waals surface area contributed by atoms with Crippen molar-refractivity contribution in [2.45, 2.75) is 83.5 Å². The molecule has 11 heteroatoms. The van der Waals surface area contributed by atoms with Gasteiger partial charge in [0.15, 0.2) is 0 Å². The van der Waals surface area contributed by atoms with Crippen molar-refractivity contribution in [2.24, 2.45) is 0 Å². The number of anilines is 1. The van der Waals surface area contributed by atoms with Crippen LogP contribution in [0.2, 0.25) is 0 Å². The summed E-state index contributed by atoms with van der Waals surface area (Å²) in [6, 6.07) is 13.3. The van der Waals surface area contributed by atoms with E-state index in [4.69, 9.17) is 9.90 Å². The number of rotatable bonds is 10. The van der Waals surface area contributed by atoms with E-state index in [9.17, 15) is 18.3 Å². The summed E-state index contributed by atoms with van der Waals surface area (Å²) in [5.74, 6) is -0.299. The highest BCUT2D eigenvalue weighted by Crippen LogP contribution is 2.36. The molecular formula is C32H44N4O6S. The first-order valence-electron chi connectivity index (χ1n) is 15.2. The molecule has 2 heterocycles. The quantitative estimate of drug-likeness (QED) is 0.256. The van der Waals surface area contributed by atoms with E-state index >= 15 is 0 Å². The van der Waals surface area contributed by atoms with Crippen molar-refractivity contribution < 1.29 is 28.2 Å². The Labute approximate surface area is 254 Å². The van der Waals surface area contributed by atoms with E-state index in [1.165, 1.54) is 23.6 Å². The van der Waals surface area contributed by atoms with Gasteiger partial charge in [0.1, 0.15) is 0 Å². The molecule has 0 spiro atoms. The molecule has 43 heavy (non-hydrogen) atoms. The number of aryl methyl sites for hydroxylation is 2. The molecule has 0 unspecified atom stereocenters. The zero-order chi connectivity index (χ0) is 31.0. The summed E-state index contributed by atoms with van der Waals surface area (Å²) in [7, 11) is -3.52. The van der Waals surface area contributed by atoms with E-state index < -0.39 is 22.2 Å². The summed E-state index contributed by atoms with van der Waals surface area (Å²) >= 11 is 0. The average Bonchev–Trinajstić information content (AvgIpc) is 3.33. The Bertz CT molecular complexity index is 1480. The van der Waals surface area contributed by atoms with Gasteiger partial charge in [0.2, 0.25) is 10.0 Å². The van der Waals surface area contributed by atoms with Crippen LogP contribution in [-0.4, -0.2) is 72.6 Å². The largest absolute Gasteiger partial charge is 0.483 e. The molecule has 4 N–H and O–H groups in total. The van der Waals surface area contributed by atoms with Gasteiger partial charge in [-0.25, -0.2) is 8.42 Å². The number of carbonyl (C=O) groups is 2. The molecule has 1 aromatic heterocycles. The van der Waals surface area contributed by atoms with Gasteiger partial charge in [-0.1, -0.05) is 56.5 Å². The van der Waals surface area contributed by atoms with Crippen LogP contribution in [0.25, 0.3) is 10.9 Å². The molecule has 0 saturated heterocycles. The minimum Gasteiger partial charge on any atom is -0.483 e. The Morgan fingerprint density at radius 2 is 1.81 bits per heavy atom. The lowest BCUT2D eigenvalue weighted by molar-refractivity contribution is -0.122. The molecule has 10 nitrogen and oxygen atoms in total. The van der Waals surface area contributed by atoms with E-state index in [0.29, 0.717) is 36.8 Å². The molecule has 0 radical (unpaired) electrons. The number of hydrogen-bond acceptors (Lipinski definition) is 6. The maximum absolute atomic E-state index is 13.8. The average molecular weight is 613 g/mol. The maximum Gasteiger partial charge on any atom is 0.290 e. The van der Waals surface area contributed by atoms with Gasteiger partial charge in [-0.05, 0) is 55.9 Å². The zero-order valence-electron chi connectivity index (χ0n) is 25.0. The predicted octanol–water partition coefficient (Wildman–Crippen LogP) is 3.70. The van der Waals surface area contributed by atoms with Crippen molar-refractivity contribution in [1.82, 2.24) is 15.2 Å². The molecule has 1 fully saturated rings. The molecule has 234 valence electrons. The van der Waals surface area contributed by atoms with Gasteiger partial charge in [0.25, 0.3) is 12.4 Å². The van der Waals surface area contributed by atoms with E-state index in [0.717, 1.165) is 41.3 Å². The number of hydrogen-bond donors (Lipinski definition) is 4. The van der Waals surface area contributed by atoms with Gasteiger partial charge in [-0.2, -0.15) is 0 Å². The van der Waals surface area contributed by atoms with Crippen LogP contribution in [0, 0.1) is 0 Å². The van der Waals surface area contributed by atoms with Gasteiger partial charge in [0.05, 0.1) is 29.1 Å². The Hall–Kier alpha value is -3.41. The van der Waals surface area contributed by atoms with Crippen LogP contribution in [0.1, 0.15) is 67.4 Å². The Kier molecular flexibility index (Phi) is 11.2. The summed E-state index contributed by atoms with van der Waals surface area (Å²) in [6.07, 6.45) is 8.39. The van der Waals surface area contributed by atoms with Crippen molar-refractivity contribution >= 4 is 39.0 Å². The number of nitrogens with zero attached hydrogens (tertiary/aromatic N) is 2. The molecule has 1 saturated carbocycles. The molecule has 0 bridgehead atoms. The lowest BCUT2D eigenvalue weighted by Gasteiger charge is -2.29. The number of benzene rings is 2. The molecule has 2 aromatic carbocycles. The van der Waals surface area contributed by atoms with Crippen LogP contribution in [-0.2, 0) is 34.2 Å². The number of nitrogens with one attached hydrogen (secondary N) is 2. The highest BCUT2D eigenvalue weighted by molar-refractivity contribution is 7.92. The summed E-state index contributed by atoms with van der Waals surface area (Å²) in [5, 5.41) is 25.7. The van der Waals surface area contributed by atoms with Gasteiger partial charge < -0.3 is 25.4 Å². The van der Waals surface area contributed by atoms with Crippen molar-refractivity contribution in [2.75, 3.05) is 23.1 Å². The highest BCUT2D eigenvalue weighted by atomic mass is 32.2. The third-order valence-electron chi connectivity index (χ3n) is 8.46. The molecule has 1 aliphatic carbocycles. The summed E-state index contributed by atoms with van der Waals surface area (Å²) in [4.78, 5) is 22.2. The molecule has 1 aliphatic heterocycles. The molecule has 3 aromatic rings. The second kappa shape index (κ2) is 14.9. The third-order valence-corrected chi connectivity index (χ3v) is 10.3. The van der Waals surface area contributed by atoms with Crippen molar-refractivity contribution in [3.8, 4) is 0 Å². The van der Waals surface area contributed by atoms with Gasteiger partial charge in [0, 0.05) is 42.8 Å². The Morgan fingerprint density at radius 1 is 1.12 bits per heavy atom. The lowest BCUT2D eigenvalue weighted by Crippen LogP contribution is -2.50. The minimum atomic E-state index is -3.52. The highest BCUT2D eigenvalue weighted by Gasteiger charge is 2.31. The van der Waals surface area contributed by atoms with Gasteiger partial charge in [-0.15, -0.1) is 0 Å². The molecule has 2 aliphatic rings. The minimum absolute atomic E-state index is 0.0172. The van der Waals surface area contributed by atoms with E-state index in [1.807, 2.05) is 54.1 Å². The summed E-state index contributed by atoms with van der Waals surface area (Å²) < 4.78 is 29.7. The first kappa shape index (κ1) is 32.5. The number of carbonyl (C=O) groups excluding carboxylic acids is 1. The molecule has 5 rings (SSSR count). The monoisotopic (exact) mass is 612 g/mol. The topological polar surface area (TPSA) is 141 Å². The zero-order valence-corrected chi connectivity index (χ0v) is 25.9. The van der Waals surface area contributed by atoms with Crippen molar-refractivity contribution in [3.63, 3.8) is 0 Å². The number of aliphatic hydroxyl groups is 1. The van der Waals surface area contributed by atoms with Crippen molar-refractivity contribution in [1.29, 1.82) is 0 Å². The van der Waals surface area contributed by atoms with Crippen LogP contribution in [0.4, 0.5) is 5.69 Å². The number of carboxylic acid groups (broad SMARTS) is 1.